The first kappa shape index (κ1) is 20.5. The van der Waals surface area contributed by atoms with Crippen LogP contribution in [0.2, 0.25) is 0 Å². The number of imidazole rings is 1. The normalized spacial score (nSPS) is 14.9. The summed E-state index contributed by atoms with van der Waals surface area (Å²) in [6.45, 7) is 2.42. The molecule has 5 rings (SSSR count). The van der Waals surface area contributed by atoms with Crippen molar-refractivity contribution in [3.8, 4) is 5.75 Å². The number of hydrogen-bond donors (Lipinski definition) is 1. The molecule has 160 valence electrons. The van der Waals surface area contributed by atoms with E-state index < -0.39 is 10.8 Å². The van der Waals surface area contributed by atoms with Gasteiger partial charge in [0, 0.05) is 40.0 Å². The number of halogens is 2. The fraction of sp³-hybridized carbons (Fsp3) is 0.261. The molecule has 1 saturated carbocycles. The predicted octanol–water partition coefficient (Wildman–Crippen LogP) is 5.44. The van der Waals surface area contributed by atoms with Gasteiger partial charge in [0.25, 0.3) is 0 Å². The summed E-state index contributed by atoms with van der Waals surface area (Å²) in [7, 11) is -1.30. The maximum atomic E-state index is 13.3. The molecule has 0 radical (unpaired) electrons. The van der Waals surface area contributed by atoms with E-state index in [4.69, 9.17) is 0 Å². The summed E-state index contributed by atoms with van der Waals surface area (Å²) < 4.78 is 31.2. The summed E-state index contributed by atoms with van der Waals surface area (Å²) in [5.41, 5.74) is 2.78. The molecule has 2 aromatic heterocycles. The second-order valence-corrected chi connectivity index (χ2v) is 10.2. The second kappa shape index (κ2) is 7.91. The van der Waals surface area contributed by atoms with Gasteiger partial charge >= 0.3 is 0 Å². The molecule has 2 aromatic carbocycles. The number of aryl methyl sites for hydroxylation is 1. The minimum atomic E-state index is -1.30. The molecule has 0 bridgehead atoms. The van der Waals surface area contributed by atoms with Crippen LogP contribution in [0.1, 0.15) is 36.0 Å². The van der Waals surface area contributed by atoms with Gasteiger partial charge in [0.1, 0.15) is 17.4 Å². The van der Waals surface area contributed by atoms with Gasteiger partial charge in [-0.2, -0.15) is 0 Å². The van der Waals surface area contributed by atoms with E-state index in [0.717, 1.165) is 40.8 Å². The SMILES string of the molecule is Cc1nccn1Cc1c(O)c(Br)cc2c1cc(CS(=O)c1ccc(F)cc1)n2C1CC1. The number of benzene rings is 2. The Bertz CT molecular complexity index is 1310. The minimum Gasteiger partial charge on any atom is -0.506 e. The molecule has 5 nitrogen and oxygen atoms in total. The highest BCUT2D eigenvalue weighted by molar-refractivity contribution is 9.10. The second-order valence-electron chi connectivity index (χ2n) is 7.90. The van der Waals surface area contributed by atoms with Gasteiger partial charge < -0.3 is 14.2 Å². The molecule has 1 atom stereocenters. The van der Waals surface area contributed by atoms with Crippen LogP contribution in [0.15, 0.2) is 58.2 Å². The number of aromatic nitrogens is 3. The molecule has 0 spiro atoms. The van der Waals surface area contributed by atoms with E-state index >= 15 is 0 Å². The highest BCUT2D eigenvalue weighted by Gasteiger charge is 2.29. The number of aromatic hydroxyl groups is 1. The van der Waals surface area contributed by atoms with Gasteiger partial charge in [-0.3, -0.25) is 4.21 Å². The lowest BCUT2D eigenvalue weighted by Gasteiger charge is -2.13. The van der Waals surface area contributed by atoms with Crippen LogP contribution < -0.4 is 0 Å². The molecule has 0 aliphatic heterocycles. The molecule has 1 unspecified atom stereocenters. The third-order valence-electron chi connectivity index (χ3n) is 5.78. The largest absolute Gasteiger partial charge is 0.506 e. The molecule has 8 heteroatoms. The van der Waals surface area contributed by atoms with Crippen molar-refractivity contribution in [2.45, 2.75) is 43.0 Å². The van der Waals surface area contributed by atoms with Gasteiger partial charge in [-0.1, -0.05) is 0 Å². The van der Waals surface area contributed by atoms with E-state index in [0.29, 0.717) is 27.7 Å². The van der Waals surface area contributed by atoms with E-state index in [9.17, 15) is 13.7 Å². The van der Waals surface area contributed by atoms with Crippen molar-refractivity contribution in [3.05, 3.63) is 76.2 Å². The fourth-order valence-electron chi connectivity index (χ4n) is 4.02. The lowest BCUT2D eigenvalue weighted by Crippen LogP contribution is -2.05. The number of nitrogens with zero attached hydrogens (tertiary/aromatic N) is 3. The van der Waals surface area contributed by atoms with Crippen LogP contribution >= 0.6 is 15.9 Å². The van der Waals surface area contributed by atoms with Gasteiger partial charge in [0.15, 0.2) is 0 Å². The third-order valence-corrected chi connectivity index (χ3v) is 7.74. The maximum absolute atomic E-state index is 13.3. The Hall–Kier alpha value is -2.45. The zero-order valence-corrected chi connectivity index (χ0v) is 19.3. The molecule has 1 fully saturated rings. The van der Waals surface area contributed by atoms with Crippen LogP contribution in [0.3, 0.4) is 0 Å². The van der Waals surface area contributed by atoms with Crippen LogP contribution in [0.25, 0.3) is 10.9 Å². The molecule has 1 N–H and O–H groups in total. The van der Waals surface area contributed by atoms with Crippen molar-refractivity contribution < 1.29 is 13.7 Å². The summed E-state index contributed by atoms with van der Waals surface area (Å²) in [6.07, 6.45) is 5.79. The number of fused-ring (bicyclic) bond motifs is 1. The Morgan fingerprint density at radius 2 is 2.00 bits per heavy atom. The van der Waals surface area contributed by atoms with Crippen LogP contribution in [-0.2, 0) is 23.1 Å². The Morgan fingerprint density at radius 1 is 1.26 bits per heavy atom. The summed E-state index contributed by atoms with van der Waals surface area (Å²) in [5, 5.41) is 11.8. The number of hydrogen-bond acceptors (Lipinski definition) is 3. The van der Waals surface area contributed by atoms with Gasteiger partial charge in [-0.15, -0.1) is 0 Å². The maximum Gasteiger partial charge on any atom is 0.135 e. The van der Waals surface area contributed by atoms with E-state index in [1.807, 2.05) is 29.8 Å². The summed E-state index contributed by atoms with van der Waals surface area (Å²) in [5.74, 6) is 1.07. The first-order chi connectivity index (χ1) is 14.9. The number of phenolic OH excluding ortho intramolecular Hbond substituents is 1. The lowest BCUT2D eigenvalue weighted by molar-refractivity contribution is 0.463. The van der Waals surface area contributed by atoms with Crippen LogP contribution in [0.4, 0.5) is 4.39 Å². The van der Waals surface area contributed by atoms with Gasteiger partial charge in [0.05, 0.1) is 33.1 Å². The third kappa shape index (κ3) is 3.83. The molecule has 31 heavy (non-hydrogen) atoms. The topological polar surface area (TPSA) is 60.0 Å². The van der Waals surface area contributed by atoms with Crippen molar-refractivity contribution in [3.63, 3.8) is 0 Å². The van der Waals surface area contributed by atoms with E-state index in [1.54, 1.807) is 18.3 Å². The molecule has 1 aliphatic rings. The first-order valence-electron chi connectivity index (χ1n) is 10.1. The van der Waals surface area contributed by atoms with Crippen LogP contribution in [0.5, 0.6) is 5.75 Å². The van der Waals surface area contributed by atoms with Gasteiger partial charge in [0.2, 0.25) is 0 Å². The Labute approximate surface area is 190 Å². The summed E-state index contributed by atoms with van der Waals surface area (Å²) >= 11 is 3.51. The summed E-state index contributed by atoms with van der Waals surface area (Å²) in [6, 6.07) is 10.2. The molecule has 0 amide bonds. The van der Waals surface area contributed by atoms with Crippen molar-refractivity contribution >= 4 is 37.6 Å². The van der Waals surface area contributed by atoms with Crippen LogP contribution in [0, 0.1) is 12.7 Å². The smallest absolute Gasteiger partial charge is 0.135 e. The Balaban J connectivity index is 1.61. The highest BCUT2D eigenvalue weighted by Crippen LogP contribution is 2.44. The van der Waals surface area contributed by atoms with E-state index in [-0.39, 0.29) is 11.6 Å². The molecular weight excluding hydrogens is 481 g/mol. The Morgan fingerprint density at radius 3 is 2.65 bits per heavy atom. The van der Waals surface area contributed by atoms with Gasteiger partial charge in [-0.25, -0.2) is 9.37 Å². The molecular formula is C23H21BrFN3O2S. The first-order valence-corrected chi connectivity index (χ1v) is 12.2. The quantitative estimate of drug-likeness (QED) is 0.382. The molecule has 4 aromatic rings. The number of phenols is 1. The summed E-state index contributed by atoms with van der Waals surface area (Å²) in [4.78, 5) is 4.89. The molecule has 1 aliphatic carbocycles. The van der Waals surface area contributed by atoms with Crippen LogP contribution in [-0.4, -0.2) is 23.4 Å². The monoisotopic (exact) mass is 501 g/mol. The van der Waals surface area contributed by atoms with Crippen molar-refractivity contribution in [1.29, 1.82) is 0 Å². The van der Waals surface area contributed by atoms with E-state index in [2.05, 4.69) is 25.5 Å². The lowest BCUT2D eigenvalue weighted by atomic mass is 10.1. The Kier molecular flexibility index (Phi) is 5.22. The zero-order valence-electron chi connectivity index (χ0n) is 16.9. The zero-order chi connectivity index (χ0) is 21.7. The molecule has 0 saturated heterocycles. The van der Waals surface area contributed by atoms with Crippen molar-refractivity contribution in [1.82, 2.24) is 14.1 Å². The fourth-order valence-corrected chi connectivity index (χ4v) is 5.58. The average Bonchev–Trinajstić information content (AvgIpc) is 3.41. The van der Waals surface area contributed by atoms with Crippen molar-refractivity contribution in [2.24, 2.45) is 0 Å². The molecule has 2 heterocycles. The minimum absolute atomic E-state index is 0.208. The number of rotatable bonds is 6. The van der Waals surface area contributed by atoms with Gasteiger partial charge in [-0.05, 0) is 72.1 Å². The van der Waals surface area contributed by atoms with E-state index in [1.165, 1.54) is 12.1 Å². The average molecular weight is 502 g/mol. The predicted molar refractivity (Wildman–Crippen MR) is 122 cm³/mol. The highest BCUT2D eigenvalue weighted by atomic mass is 79.9. The standard InChI is InChI=1S/C23H21BrFN3O2S/c1-14-26-8-9-27(14)12-20-19-10-17(13-31(30)18-6-2-15(25)3-7-18)28(16-4-5-16)22(19)11-21(24)23(20)29/h2-3,6-11,16,29H,4-5,12-13H2,1H3. The van der Waals surface area contributed by atoms with Crippen molar-refractivity contribution in [2.75, 3.05) is 0 Å².